The minimum atomic E-state index is -0.613. The lowest BCUT2D eigenvalue weighted by Crippen LogP contribution is -2.29. The maximum Gasteiger partial charge on any atom is 0.412 e. The molecule has 0 spiro atoms. The molecule has 0 aliphatic carbocycles. The molecule has 2 aromatic rings. The van der Waals surface area contributed by atoms with Crippen molar-refractivity contribution in [3.05, 3.63) is 59.7 Å². The summed E-state index contributed by atoms with van der Waals surface area (Å²) in [6, 6.07) is 13.5. The average molecular weight is 513 g/mol. The van der Waals surface area contributed by atoms with Gasteiger partial charge in [0.15, 0.2) is 0 Å². The van der Waals surface area contributed by atoms with Crippen molar-refractivity contribution in [2.75, 3.05) is 39.4 Å². The van der Waals surface area contributed by atoms with Crippen molar-refractivity contribution in [2.45, 2.75) is 33.8 Å². The number of para-hydroxylation sites is 2. The predicted octanol–water partition coefficient (Wildman–Crippen LogP) is 4.63. The van der Waals surface area contributed by atoms with Gasteiger partial charge in [0.2, 0.25) is 0 Å². The van der Waals surface area contributed by atoms with E-state index in [-0.39, 0.29) is 31.6 Å². The highest BCUT2D eigenvalue weighted by molar-refractivity contribution is 6.02. The van der Waals surface area contributed by atoms with Gasteiger partial charge in [-0.15, -0.1) is 12.4 Å². The van der Waals surface area contributed by atoms with Gasteiger partial charge in [0.25, 0.3) is 11.8 Å². The molecule has 0 heterocycles. The van der Waals surface area contributed by atoms with Gasteiger partial charge in [-0.05, 0) is 45.0 Å². The first-order chi connectivity index (χ1) is 15.4. The van der Waals surface area contributed by atoms with E-state index < -0.39 is 11.7 Å². The number of ether oxygens (including phenoxy) is 1. The molecule has 0 atom stereocenters. The molecule has 0 fully saturated rings. The molecule has 10 nitrogen and oxygen atoms in total. The van der Waals surface area contributed by atoms with Crippen LogP contribution in [0, 0.1) is 0 Å². The van der Waals surface area contributed by atoms with E-state index >= 15 is 0 Å². The van der Waals surface area contributed by atoms with Gasteiger partial charge < -0.3 is 10.5 Å². The van der Waals surface area contributed by atoms with E-state index in [9.17, 15) is 14.4 Å². The fourth-order valence-electron chi connectivity index (χ4n) is 2.39. The third-order valence-electron chi connectivity index (χ3n) is 4.10. The van der Waals surface area contributed by atoms with Crippen LogP contribution in [-0.4, -0.2) is 62.0 Å². The monoisotopic (exact) mass is 512 g/mol. The van der Waals surface area contributed by atoms with Gasteiger partial charge in [-0.3, -0.25) is 24.6 Å². The molecule has 2 rings (SSSR count). The summed E-state index contributed by atoms with van der Waals surface area (Å²) in [4.78, 5) is 44.9. The Balaban J connectivity index is 0. The number of hydrogen-bond donors (Lipinski definition) is 2. The molecule has 0 saturated carbocycles. The zero-order chi connectivity index (χ0) is 25.2. The maximum atomic E-state index is 12.1. The third-order valence-corrected chi connectivity index (χ3v) is 4.10. The second-order valence-corrected chi connectivity index (χ2v) is 7.73. The highest BCUT2D eigenvalue weighted by Crippen LogP contribution is 2.18. The fraction of sp³-hybridized carbons (Fsp3) is 0.375. The minimum absolute atomic E-state index is 0. The summed E-state index contributed by atoms with van der Waals surface area (Å²) in [5.74, 6) is -0.611. The van der Waals surface area contributed by atoms with Gasteiger partial charge in [-0.25, -0.2) is 14.9 Å². The van der Waals surface area contributed by atoms with E-state index in [0.29, 0.717) is 22.5 Å². The Hall–Kier alpha value is -3.34. The summed E-state index contributed by atoms with van der Waals surface area (Å²) in [5.41, 5.74) is 6.60. The zero-order valence-electron chi connectivity index (χ0n) is 20.4. The molecule has 2 aromatic carbocycles. The topological polar surface area (TPSA) is 123 Å². The van der Waals surface area contributed by atoms with Crippen LogP contribution in [0.1, 0.15) is 48.9 Å². The first kappa shape index (κ1) is 33.8. The molecular weight excluding hydrogens is 476 g/mol. The Bertz CT molecular complexity index is 965. The molecular formula is C24H37ClN4O6. The number of rotatable bonds is 5. The van der Waals surface area contributed by atoms with Crippen molar-refractivity contribution in [1.29, 1.82) is 0 Å². The number of anilines is 2. The summed E-state index contributed by atoms with van der Waals surface area (Å²) in [7, 11) is 5.85. The van der Waals surface area contributed by atoms with Crippen LogP contribution in [0.15, 0.2) is 48.5 Å². The van der Waals surface area contributed by atoms with Gasteiger partial charge in [-0.1, -0.05) is 31.7 Å². The highest BCUT2D eigenvalue weighted by Gasteiger charge is 2.20. The normalized spacial score (nSPS) is 9.80. The van der Waals surface area contributed by atoms with Crippen LogP contribution in [0.3, 0.4) is 0 Å². The van der Waals surface area contributed by atoms with Crippen LogP contribution < -0.4 is 11.1 Å². The third kappa shape index (κ3) is 11.1. The Labute approximate surface area is 213 Å². The Morgan fingerprint density at radius 2 is 1.26 bits per heavy atom. The number of carbonyl (C=O) groups excluding carboxylic acids is 3. The summed E-state index contributed by atoms with van der Waals surface area (Å²) >= 11 is 0. The molecule has 0 aliphatic heterocycles. The van der Waals surface area contributed by atoms with Crippen LogP contribution >= 0.6 is 12.4 Å². The highest BCUT2D eigenvalue weighted by atomic mass is 35.5. The van der Waals surface area contributed by atoms with Crippen molar-refractivity contribution in [3.63, 3.8) is 0 Å². The van der Waals surface area contributed by atoms with E-state index in [1.807, 2.05) is 0 Å². The van der Waals surface area contributed by atoms with Crippen molar-refractivity contribution in [1.82, 2.24) is 10.1 Å². The predicted molar refractivity (Wildman–Crippen MR) is 139 cm³/mol. The van der Waals surface area contributed by atoms with E-state index in [0.717, 1.165) is 10.1 Å². The minimum Gasteiger partial charge on any atom is -0.444 e. The van der Waals surface area contributed by atoms with E-state index in [1.54, 1.807) is 69.3 Å². The van der Waals surface area contributed by atoms with Crippen LogP contribution in [0.25, 0.3) is 0 Å². The van der Waals surface area contributed by atoms with Crippen LogP contribution in [-0.2, 0) is 14.4 Å². The smallest absolute Gasteiger partial charge is 0.412 e. The zero-order valence-corrected chi connectivity index (χ0v) is 21.3. The number of hydroxylamine groups is 4. The molecule has 0 unspecified atom stereocenters. The second kappa shape index (κ2) is 15.5. The molecule has 3 amide bonds. The van der Waals surface area contributed by atoms with Crippen molar-refractivity contribution in [2.24, 2.45) is 0 Å². The lowest BCUT2D eigenvalue weighted by Gasteiger charge is -2.21. The number of nitrogen functional groups attached to an aromatic ring is 1. The lowest BCUT2D eigenvalue weighted by atomic mass is 10.1. The largest absolute Gasteiger partial charge is 0.444 e. The Morgan fingerprint density at radius 1 is 0.829 bits per heavy atom. The number of nitrogens with zero attached hydrogens (tertiary/aromatic N) is 2. The molecule has 0 aliphatic rings. The summed E-state index contributed by atoms with van der Waals surface area (Å²) < 4.78 is 5.16. The number of hydrogen-bond acceptors (Lipinski definition) is 7. The first-order valence-corrected chi connectivity index (χ1v) is 9.99. The SMILES string of the molecule is C.CON(C)C(=O)c1ccccc1N.CON(C)C(=O)c1ccccc1NC(=O)OC(C)(C)C.Cl. The second-order valence-electron chi connectivity index (χ2n) is 7.73. The van der Waals surface area contributed by atoms with Crippen LogP contribution in [0.4, 0.5) is 16.2 Å². The summed E-state index contributed by atoms with van der Waals surface area (Å²) in [6.07, 6.45) is -0.613. The maximum absolute atomic E-state index is 12.1. The Morgan fingerprint density at radius 3 is 1.71 bits per heavy atom. The molecule has 0 radical (unpaired) electrons. The van der Waals surface area contributed by atoms with Crippen molar-refractivity contribution in [3.8, 4) is 0 Å². The van der Waals surface area contributed by atoms with E-state index in [1.165, 1.54) is 28.3 Å². The standard InChI is InChI=1S/C14H20N2O4.C9H12N2O2.CH4.ClH/c1-14(2,3)20-13(18)15-11-9-7-6-8-10(11)12(17)16(4)19-5;1-11(13-2)9(12)7-5-3-4-6-8(7)10;;/h6-9H,1-5H3,(H,15,18);3-6H,10H2,1-2H3;1H4;1H. The van der Waals surface area contributed by atoms with Crippen molar-refractivity contribution < 1.29 is 28.8 Å². The fourth-order valence-corrected chi connectivity index (χ4v) is 2.39. The van der Waals surface area contributed by atoms with Crippen LogP contribution in [0.5, 0.6) is 0 Å². The summed E-state index contributed by atoms with van der Waals surface area (Å²) in [5, 5.41) is 4.77. The van der Waals surface area contributed by atoms with Gasteiger partial charge in [0.05, 0.1) is 31.0 Å². The first-order valence-electron chi connectivity index (χ1n) is 9.99. The van der Waals surface area contributed by atoms with Gasteiger partial charge in [0, 0.05) is 19.8 Å². The van der Waals surface area contributed by atoms with E-state index in [2.05, 4.69) is 5.32 Å². The number of halogens is 1. The number of benzene rings is 2. The van der Waals surface area contributed by atoms with Crippen LogP contribution in [0.2, 0.25) is 0 Å². The molecule has 0 bridgehead atoms. The van der Waals surface area contributed by atoms with Gasteiger partial charge >= 0.3 is 6.09 Å². The summed E-state index contributed by atoms with van der Waals surface area (Å²) in [6.45, 7) is 5.30. The molecule has 0 saturated heterocycles. The van der Waals surface area contributed by atoms with E-state index in [4.69, 9.17) is 20.1 Å². The molecule has 196 valence electrons. The molecule has 3 N–H and O–H groups in total. The van der Waals surface area contributed by atoms with Gasteiger partial charge in [-0.2, -0.15) is 0 Å². The molecule has 0 aromatic heterocycles. The van der Waals surface area contributed by atoms with Crippen molar-refractivity contribution >= 4 is 41.7 Å². The molecule has 35 heavy (non-hydrogen) atoms. The average Bonchev–Trinajstić information content (AvgIpc) is 2.76. The molecule has 11 heteroatoms. The lowest BCUT2D eigenvalue weighted by molar-refractivity contribution is -0.0756. The quantitative estimate of drug-likeness (QED) is 0.442. The number of carbonyl (C=O) groups is 3. The number of nitrogens with one attached hydrogen (secondary N) is 1. The van der Waals surface area contributed by atoms with Gasteiger partial charge in [0.1, 0.15) is 5.60 Å². The number of nitrogens with two attached hydrogens (primary N) is 1. The number of amides is 3. The Kier molecular flexibility index (Phi) is 15.0.